The lowest BCUT2D eigenvalue weighted by Gasteiger charge is -2.02. The molecule has 4 nitrogen and oxygen atoms in total. The Balaban J connectivity index is 1.67. The molecular formula is C15H13FN2O2. The van der Waals surface area contributed by atoms with Crippen LogP contribution in [-0.2, 0) is 18.0 Å². The Bertz CT molecular complexity index is 740. The Kier molecular flexibility index (Phi) is 3.35. The second-order valence-corrected chi connectivity index (χ2v) is 4.42. The summed E-state index contributed by atoms with van der Waals surface area (Å²) in [6.07, 6.45) is 0. The Morgan fingerprint density at radius 3 is 2.85 bits per heavy atom. The van der Waals surface area contributed by atoms with Gasteiger partial charge < -0.3 is 14.9 Å². The highest BCUT2D eigenvalue weighted by Gasteiger charge is 2.07. The standard InChI is InChI=1S/C15H13FN2O2/c16-12-4-2-1-3-10(12)8-19-9-15-18-13-6-5-11(17)7-14(13)20-15/h1-7H,8-9,17H2. The van der Waals surface area contributed by atoms with Crippen LogP contribution in [0.5, 0.6) is 0 Å². The number of benzene rings is 2. The van der Waals surface area contributed by atoms with E-state index < -0.39 is 0 Å². The van der Waals surface area contributed by atoms with Crippen molar-refractivity contribution in [1.29, 1.82) is 0 Å². The SMILES string of the molecule is Nc1ccc2nc(COCc3ccccc3F)oc2c1. The predicted octanol–water partition coefficient (Wildman–Crippen LogP) is 3.27. The van der Waals surface area contributed by atoms with E-state index >= 15 is 0 Å². The number of hydrogen-bond acceptors (Lipinski definition) is 4. The number of ether oxygens (including phenoxy) is 1. The number of halogens is 1. The van der Waals surface area contributed by atoms with Crippen LogP contribution in [0.25, 0.3) is 11.1 Å². The molecule has 0 amide bonds. The first-order valence-corrected chi connectivity index (χ1v) is 6.18. The molecule has 0 spiro atoms. The van der Waals surface area contributed by atoms with Crippen LogP contribution in [0.4, 0.5) is 10.1 Å². The highest BCUT2D eigenvalue weighted by atomic mass is 19.1. The zero-order valence-corrected chi connectivity index (χ0v) is 10.7. The molecule has 3 aromatic rings. The molecule has 0 fully saturated rings. The minimum atomic E-state index is -0.280. The first kappa shape index (κ1) is 12.6. The minimum Gasteiger partial charge on any atom is -0.438 e. The third kappa shape index (κ3) is 2.62. The fraction of sp³-hybridized carbons (Fsp3) is 0.133. The van der Waals surface area contributed by atoms with Gasteiger partial charge in [-0.05, 0) is 18.2 Å². The van der Waals surface area contributed by atoms with Gasteiger partial charge in [-0.3, -0.25) is 0 Å². The van der Waals surface area contributed by atoms with Crippen molar-refractivity contribution in [2.24, 2.45) is 0 Å². The van der Waals surface area contributed by atoms with Crippen molar-refractivity contribution in [2.45, 2.75) is 13.2 Å². The quantitative estimate of drug-likeness (QED) is 0.740. The van der Waals surface area contributed by atoms with Crippen LogP contribution in [0.2, 0.25) is 0 Å². The van der Waals surface area contributed by atoms with Crippen molar-refractivity contribution in [3.05, 3.63) is 59.7 Å². The van der Waals surface area contributed by atoms with Crippen LogP contribution in [0, 0.1) is 5.82 Å². The number of aromatic nitrogens is 1. The van der Waals surface area contributed by atoms with E-state index in [4.69, 9.17) is 14.9 Å². The van der Waals surface area contributed by atoms with Crippen molar-refractivity contribution in [1.82, 2.24) is 4.98 Å². The van der Waals surface area contributed by atoms with Gasteiger partial charge in [0.15, 0.2) is 5.58 Å². The number of fused-ring (bicyclic) bond motifs is 1. The molecule has 3 rings (SSSR count). The lowest BCUT2D eigenvalue weighted by Crippen LogP contribution is -1.96. The molecule has 2 aromatic carbocycles. The molecule has 0 aliphatic heterocycles. The molecule has 102 valence electrons. The van der Waals surface area contributed by atoms with Crippen molar-refractivity contribution < 1.29 is 13.5 Å². The minimum absolute atomic E-state index is 0.174. The van der Waals surface area contributed by atoms with Crippen LogP contribution in [0.3, 0.4) is 0 Å². The first-order chi connectivity index (χ1) is 9.72. The molecular weight excluding hydrogens is 259 g/mol. The van der Waals surface area contributed by atoms with Gasteiger partial charge in [0.25, 0.3) is 0 Å². The predicted molar refractivity (Wildman–Crippen MR) is 73.3 cm³/mol. The number of nitrogen functional groups attached to an aromatic ring is 1. The molecule has 5 heteroatoms. The smallest absolute Gasteiger partial charge is 0.221 e. The highest BCUT2D eigenvalue weighted by Crippen LogP contribution is 2.19. The van der Waals surface area contributed by atoms with E-state index in [1.165, 1.54) is 6.07 Å². The zero-order valence-electron chi connectivity index (χ0n) is 10.7. The molecule has 0 radical (unpaired) electrons. The molecule has 0 aliphatic rings. The Hall–Kier alpha value is -2.40. The van der Waals surface area contributed by atoms with Gasteiger partial charge in [-0.1, -0.05) is 18.2 Å². The van der Waals surface area contributed by atoms with Crippen LogP contribution < -0.4 is 5.73 Å². The van der Waals surface area contributed by atoms with Gasteiger partial charge in [0.1, 0.15) is 17.9 Å². The molecule has 0 aliphatic carbocycles. The number of hydrogen-bond donors (Lipinski definition) is 1. The van der Waals surface area contributed by atoms with Gasteiger partial charge in [-0.25, -0.2) is 9.37 Å². The maximum absolute atomic E-state index is 13.4. The van der Waals surface area contributed by atoms with E-state index in [-0.39, 0.29) is 19.0 Å². The second-order valence-electron chi connectivity index (χ2n) is 4.42. The highest BCUT2D eigenvalue weighted by molar-refractivity contribution is 5.76. The van der Waals surface area contributed by atoms with Crippen molar-refractivity contribution >= 4 is 16.8 Å². The topological polar surface area (TPSA) is 61.3 Å². The summed E-state index contributed by atoms with van der Waals surface area (Å²) >= 11 is 0. The summed E-state index contributed by atoms with van der Waals surface area (Å²) in [6, 6.07) is 11.8. The number of anilines is 1. The molecule has 1 heterocycles. The van der Waals surface area contributed by atoms with Crippen LogP contribution in [0.1, 0.15) is 11.5 Å². The summed E-state index contributed by atoms with van der Waals surface area (Å²) in [5.41, 5.74) is 8.14. The van der Waals surface area contributed by atoms with Gasteiger partial charge in [-0.15, -0.1) is 0 Å². The van der Waals surface area contributed by atoms with Crippen LogP contribution in [0.15, 0.2) is 46.9 Å². The normalized spacial score (nSPS) is 11.1. The third-order valence-corrected chi connectivity index (χ3v) is 2.90. The average molecular weight is 272 g/mol. The lowest BCUT2D eigenvalue weighted by atomic mass is 10.2. The maximum Gasteiger partial charge on any atom is 0.221 e. The summed E-state index contributed by atoms with van der Waals surface area (Å²) in [7, 11) is 0. The van der Waals surface area contributed by atoms with Crippen LogP contribution >= 0.6 is 0 Å². The molecule has 0 atom stereocenters. The zero-order chi connectivity index (χ0) is 13.9. The molecule has 2 N–H and O–H groups in total. The molecule has 20 heavy (non-hydrogen) atoms. The lowest BCUT2D eigenvalue weighted by molar-refractivity contribution is 0.0886. The van der Waals surface area contributed by atoms with Crippen LogP contribution in [-0.4, -0.2) is 4.98 Å². The van der Waals surface area contributed by atoms with Gasteiger partial charge in [-0.2, -0.15) is 0 Å². The fourth-order valence-corrected chi connectivity index (χ4v) is 1.91. The van der Waals surface area contributed by atoms with Crippen molar-refractivity contribution in [3.63, 3.8) is 0 Å². The number of nitrogens with two attached hydrogens (primary N) is 1. The molecule has 0 bridgehead atoms. The number of nitrogens with zero attached hydrogens (tertiary/aromatic N) is 1. The largest absolute Gasteiger partial charge is 0.438 e. The van der Waals surface area contributed by atoms with E-state index in [1.54, 1.807) is 36.4 Å². The fourth-order valence-electron chi connectivity index (χ4n) is 1.91. The summed E-state index contributed by atoms with van der Waals surface area (Å²) in [5.74, 6) is 0.166. The van der Waals surface area contributed by atoms with E-state index in [0.29, 0.717) is 22.7 Å². The number of oxazole rings is 1. The third-order valence-electron chi connectivity index (χ3n) is 2.90. The van der Waals surface area contributed by atoms with E-state index in [1.807, 2.05) is 0 Å². The van der Waals surface area contributed by atoms with E-state index in [9.17, 15) is 4.39 Å². The summed E-state index contributed by atoms with van der Waals surface area (Å²) in [6.45, 7) is 0.358. The molecule has 0 unspecified atom stereocenters. The average Bonchev–Trinajstić information content (AvgIpc) is 2.83. The van der Waals surface area contributed by atoms with E-state index in [0.717, 1.165) is 5.52 Å². The summed E-state index contributed by atoms with van der Waals surface area (Å²) in [5, 5.41) is 0. The van der Waals surface area contributed by atoms with Gasteiger partial charge in [0.2, 0.25) is 5.89 Å². The monoisotopic (exact) mass is 272 g/mol. The summed E-state index contributed by atoms with van der Waals surface area (Å²) < 4.78 is 24.3. The molecule has 0 saturated heterocycles. The van der Waals surface area contributed by atoms with E-state index in [2.05, 4.69) is 4.98 Å². The first-order valence-electron chi connectivity index (χ1n) is 6.18. The Morgan fingerprint density at radius 2 is 2.00 bits per heavy atom. The summed E-state index contributed by atoms with van der Waals surface area (Å²) in [4.78, 5) is 4.27. The Morgan fingerprint density at radius 1 is 1.15 bits per heavy atom. The van der Waals surface area contributed by atoms with Gasteiger partial charge >= 0.3 is 0 Å². The second kappa shape index (κ2) is 5.30. The van der Waals surface area contributed by atoms with Gasteiger partial charge in [0.05, 0.1) is 6.61 Å². The maximum atomic E-state index is 13.4. The van der Waals surface area contributed by atoms with Crippen molar-refractivity contribution in [3.8, 4) is 0 Å². The van der Waals surface area contributed by atoms with Crippen molar-refractivity contribution in [2.75, 3.05) is 5.73 Å². The molecule has 0 saturated carbocycles. The number of rotatable bonds is 4. The Labute approximate surface area is 115 Å². The molecule has 1 aromatic heterocycles. The van der Waals surface area contributed by atoms with Gasteiger partial charge in [0, 0.05) is 17.3 Å².